The molecule has 0 aliphatic carbocycles. The van der Waals surface area contributed by atoms with Crippen molar-refractivity contribution >= 4 is 45.6 Å². The van der Waals surface area contributed by atoms with Crippen molar-refractivity contribution in [3.8, 4) is 17.0 Å². The lowest BCUT2D eigenvalue weighted by molar-refractivity contribution is -0.118. The van der Waals surface area contributed by atoms with Crippen LogP contribution in [0.1, 0.15) is 0 Å². The maximum Gasteiger partial charge on any atom is 0.264 e. The molecule has 1 aromatic heterocycles. The third-order valence-corrected chi connectivity index (χ3v) is 4.45. The number of benzene rings is 2. The van der Waals surface area contributed by atoms with Gasteiger partial charge in [-0.05, 0) is 36.4 Å². The van der Waals surface area contributed by atoms with E-state index in [-0.39, 0.29) is 18.3 Å². The van der Waals surface area contributed by atoms with Gasteiger partial charge in [0.05, 0.1) is 10.7 Å². The van der Waals surface area contributed by atoms with Crippen LogP contribution in [0.2, 0.25) is 10.0 Å². The number of nitrogens with zero attached hydrogens (tertiary/aromatic N) is 1. The van der Waals surface area contributed by atoms with Crippen LogP contribution in [0.3, 0.4) is 0 Å². The lowest BCUT2D eigenvalue weighted by atomic mass is 10.2. The summed E-state index contributed by atoms with van der Waals surface area (Å²) in [4.78, 5) is 16.3. The molecule has 0 radical (unpaired) electrons. The summed E-state index contributed by atoms with van der Waals surface area (Å²) in [6, 6.07) is 10.7. The number of rotatable bonds is 5. The quantitative estimate of drug-likeness (QED) is 0.638. The maximum absolute atomic E-state index is 13.0. The number of hydrogen-bond donors (Lipinski definition) is 1. The van der Waals surface area contributed by atoms with Crippen molar-refractivity contribution in [1.82, 2.24) is 4.98 Å². The van der Waals surface area contributed by atoms with Crippen molar-refractivity contribution in [2.75, 3.05) is 11.9 Å². The van der Waals surface area contributed by atoms with Crippen LogP contribution in [0.25, 0.3) is 11.3 Å². The zero-order chi connectivity index (χ0) is 17.8. The highest BCUT2D eigenvalue weighted by Gasteiger charge is 2.10. The number of nitrogens with one attached hydrogen (secondary N) is 1. The molecule has 0 bridgehead atoms. The standard InChI is InChI=1S/C17H11Cl2FN2O2S/c18-11-3-6-13(19)15(7-11)24-8-16(23)22-17-21-14(9-25-17)10-1-4-12(20)5-2-10/h1-7,9H,8H2,(H,21,22,23). The smallest absolute Gasteiger partial charge is 0.264 e. The minimum atomic E-state index is -0.379. The van der Waals surface area contributed by atoms with Gasteiger partial charge >= 0.3 is 0 Å². The first-order valence-electron chi connectivity index (χ1n) is 7.10. The summed E-state index contributed by atoms with van der Waals surface area (Å²) >= 11 is 13.1. The molecule has 128 valence electrons. The van der Waals surface area contributed by atoms with Gasteiger partial charge in [0.2, 0.25) is 0 Å². The van der Waals surface area contributed by atoms with Gasteiger partial charge in [-0.3, -0.25) is 10.1 Å². The molecule has 4 nitrogen and oxygen atoms in total. The number of carbonyl (C=O) groups excluding carboxylic acids is 1. The van der Waals surface area contributed by atoms with Gasteiger partial charge in [-0.25, -0.2) is 9.37 Å². The molecule has 25 heavy (non-hydrogen) atoms. The van der Waals surface area contributed by atoms with Crippen molar-refractivity contribution in [3.05, 3.63) is 63.7 Å². The number of ether oxygens (including phenoxy) is 1. The second-order valence-corrected chi connectivity index (χ2v) is 6.66. The molecule has 3 rings (SSSR count). The normalized spacial score (nSPS) is 10.5. The monoisotopic (exact) mass is 396 g/mol. The molecule has 0 fully saturated rings. The molecule has 0 aliphatic heterocycles. The van der Waals surface area contributed by atoms with E-state index in [1.54, 1.807) is 29.6 Å². The molecule has 0 saturated heterocycles. The molecule has 1 heterocycles. The Kier molecular flexibility index (Phi) is 5.53. The Balaban J connectivity index is 1.60. The molecule has 8 heteroatoms. The Morgan fingerprint density at radius 2 is 1.96 bits per heavy atom. The highest BCUT2D eigenvalue weighted by Crippen LogP contribution is 2.28. The van der Waals surface area contributed by atoms with Crippen molar-refractivity contribution in [2.45, 2.75) is 0 Å². The molecule has 2 aromatic carbocycles. The molecule has 1 amide bonds. The molecule has 0 spiro atoms. The van der Waals surface area contributed by atoms with E-state index in [0.717, 1.165) is 5.56 Å². The number of thiazole rings is 1. The highest BCUT2D eigenvalue weighted by molar-refractivity contribution is 7.14. The number of carbonyl (C=O) groups is 1. The van der Waals surface area contributed by atoms with Gasteiger partial charge in [-0.1, -0.05) is 23.2 Å². The van der Waals surface area contributed by atoms with E-state index in [1.165, 1.54) is 29.5 Å². The lowest BCUT2D eigenvalue weighted by Gasteiger charge is -2.07. The van der Waals surface area contributed by atoms with Crippen LogP contribution in [0.15, 0.2) is 47.8 Å². The van der Waals surface area contributed by atoms with Gasteiger partial charge < -0.3 is 4.74 Å². The van der Waals surface area contributed by atoms with Crippen molar-refractivity contribution < 1.29 is 13.9 Å². The Labute approximate surface area is 157 Å². The van der Waals surface area contributed by atoms with Crippen molar-refractivity contribution in [2.24, 2.45) is 0 Å². The van der Waals surface area contributed by atoms with E-state index in [4.69, 9.17) is 27.9 Å². The average molecular weight is 397 g/mol. The zero-order valence-corrected chi connectivity index (χ0v) is 15.0. The van der Waals surface area contributed by atoms with Crippen LogP contribution in [0, 0.1) is 5.82 Å². The number of aromatic nitrogens is 1. The van der Waals surface area contributed by atoms with Gasteiger partial charge in [-0.2, -0.15) is 0 Å². The summed E-state index contributed by atoms with van der Waals surface area (Å²) in [5.74, 6) is -0.365. The van der Waals surface area contributed by atoms with Crippen molar-refractivity contribution in [3.63, 3.8) is 0 Å². The minimum Gasteiger partial charge on any atom is -0.482 e. The second-order valence-electron chi connectivity index (χ2n) is 4.96. The van der Waals surface area contributed by atoms with Crippen LogP contribution in [0.4, 0.5) is 9.52 Å². The van der Waals surface area contributed by atoms with Gasteiger partial charge in [0, 0.05) is 22.0 Å². The molecule has 0 atom stereocenters. The topological polar surface area (TPSA) is 51.2 Å². The molecule has 1 N–H and O–H groups in total. The fraction of sp³-hybridized carbons (Fsp3) is 0.0588. The summed E-state index contributed by atoms with van der Waals surface area (Å²) in [5, 5.41) is 5.67. The van der Waals surface area contributed by atoms with Gasteiger partial charge in [-0.15, -0.1) is 11.3 Å². The Morgan fingerprint density at radius 3 is 2.72 bits per heavy atom. The van der Waals surface area contributed by atoms with E-state index >= 15 is 0 Å². The Hall–Kier alpha value is -2.15. The van der Waals surface area contributed by atoms with Crippen LogP contribution in [0.5, 0.6) is 5.75 Å². The molecule has 0 aliphatic rings. The largest absolute Gasteiger partial charge is 0.482 e. The first-order valence-corrected chi connectivity index (χ1v) is 8.74. The summed E-state index contributed by atoms with van der Waals surface area (Å²) < 4.78 is 18.3. The van der Waals surface area contributed by atoms with E-state index in [0.29, 0.717) is 26.6 Å². The third kappa shape index (κ3) is 4.69. The Morgan fingerprint density at radius 1 is 1.20 bits per heavy atom. The number of anilines is 1. The van der Waals surface area contributed by atoms with Crippen LogP contribution < -0.4 is 10.1 Å². The van der Waals surface area contributed by atoms with Gasteiger partial charge in [0.25, 0.3) is 5.91 Å². The third-order valence-electron chi connectivity index (χ3n) is 3.14. The highest BCUT2D eigenvalue weighted by atomic mass is 35.5. The van der Waals surface area contributed by atoms with E-state index in [9.17, 15) is 9.18 Å². The first-order chi connectivity index (χ1) is 12.0. The summed E-state index contributed by atoms with van der Waals surface area (Å²) in [5.41, 5.74) is 1.42. The Bertz CT molecular complexity index is 900. The molecular formula is C17H11Cl2FN2O2S. The predicted octanol–water partition coefficient (Wildman–Crippen LogP) is 5.27. The van der Waals surface area contributed by atoms with Gasteiger partial charge in [0.1, 0.15) is 11.6 Å². The number of hydrogen-bond acceptors (Lipinski definition) is 4. The second kappa shape index (κ2) is 7.82. The number of halogens is 3. The minimum absolute atomic E-state index is 0.231. The number of amides is 1. The fourth-order valence-electron chi connectivity index (χ4n) is 1.97. The maximum atomic E-state index is 13.0. The molecule has 0 saturated carbocycles. The van der Waals surface area contributed by atoms with Crippen LogP contribution >= 0.6 is 34.5 Å². The van der Waals surface area contributed by atoms with Crippen LogP contribution in [-0.4, -0.2) is 17.5 Å². The fourth-order valence-corrected chi connectivity index (χ4v) is 3.04. The SMILES string of the molecule is O=C(COc1cc(Cl)ccc1Cl)Nc1nc(-c2ccc(F)cc2)cs1. The van der Waals surface area contributed by atoms with Crippen molar-refractivity contribution in [1.29, 1.82) is 0 Å². The summed E-state index contributed by atoms with van der Waals surface area (Å²) in [7, 11) is 0. The molecular weight excluding hydrogens is 386 g/mol. The lowest BCUT2D eigenvalue weighted by Crippen LogP contribution is -2.20. The summed E-state index contributed by atoms with van der Waals surface area (Å²) in [6.07, 6.45) is 0. The predicted molar refractivity (Wildman–Crippen MR) is 98.1 cm³/mol. The average Bonchev–Trinajstić information content (AvgIpc) is 3.05. The van der Waals surface area contributed by atoms with Gasteiger partial charge in [0.15, 0.2) is 11.7 Å². The summed E-state index contributed by atoms with van der Waals surface area (Å²) in [6.45, 7) is -0.231. The van der Waals surface area contributed by atoms with E-state index < -0.39 is 0 Å². The zero-order valence-electron chi connectivity index (χ0n) is 12.6. The first kappa shape index (κ1) is 17.7. The van der Waals surface area contributed by atoms with Crippen LogP contribution in [-0.2, 0) is 4.79 Å². The molecule has 3 aromatic rings. The van der Waals surface area contributed by atoms with E-state index in [1.807, 2.05) is 0 Å². The van der Waals surface area contributed by atoms with E-state index in [2.05, 4.69) is 10.3 Å². The molecule has 0 unspecified atom stereocenters.